The summed E-state index contributed by atoms with van der Waals surface area (Å²) in [4.78, 5) is 12.7. The van der Waals surface area contributed by atoms with Crippen LogP contribution in [0.2, 0.25) is 0 Å². The van der Waals surface area contributed by atoms with Gasteiger partial charge in [0.15, 0.2) is 0 Å². The van der Waals surface area contributed by atoms with Gasteiger partial charge in [-0.1, -0.05) is 170 Å². The molecule has 0 unspecified atom stereocenters. The molecule has 374 valence electrons. The van der Waals surface area contributed by atoms with Crippen molar-refractivity contribution in [3.8, 4) is 0 Å². The molecule has 6 heterocycles. The minimum Gasteiger partial charge on any atom is -0.356 e. The molecule has 81 heavy (non-hydrogen) atoms. The Balaban J connectivity index is 0.967. The Hall–Kier alpha value is -10.4. The van der Waals surface area contributed by atoms with Crippen LogP contribution in [0.15, 0.2) is 279 Å². The molecular formula is C72H47B3N6. The Morgan fingerprint density at radius 1 is 0.247 bits per heavy atom. The van der Waals surface area contributed by atoms with E-state index in [1.165, 1.54) is 83.3 Å². The molecule has 1 N–H and O–H groups in total. The molecule has 12 aromatic rings. The first-order valence-electron chi connectivity index (χ1n) is 28.2. The lowest BCUT2D eigenvalue weighted by molar-refractivity contribution is 1.22. The Labute approximate surface area is 472 Å². The van der Waals surface area contributed by atoms with Crippen molar-refractivity contribution in [2.24, 2.45) is 0 Å². The van der Waals surface area contributed by atoms with Crippen LogP contribution in [0.25, 0.3) is 0 Å². The topological polar surface area (TPSA) is 28.2 Å². The van der Waals surface area contributed by atoms with Crippen LogP contribution in [0.3, 0.4) is 0 Å². The molecule has 0 saturated carbocycles. The van der Waals surface area contributed by atoms with Crippen molar-refractivity contribution in [3.63, 3.8) is 0 Å². The third kappa shape index (κ3) is 6.26. The molecule has 12 aromatic carbocycles. The van der Waals surface area contributed by atoms with Gasteiger partial charge in [0.25, 0.3) is 20.1 Å². The number of fused-ring (bicyclic) bond motifs is 14. The van der Waals surface area contributed by atoms with Crippen molar-refractivity contribution in [1.82, 2.24) is 0 Å². The van der Waals surface area contributed by atoms with E-state index in [2.05, 4.69) is 309 Å². The summed E-state index contributed by atoms with van der Waals surface area (Å²) in [5, 5.41) is 4.05. The van der Waals surface area contributed by atoms with Crippen molar-refractivity contribution < 1.29 is 0 Å². The molecule has 0 spiro atoms. The van der Waals surface area contributed by atoms with Gasteiger partial charge in [-0.05, 0) is 158 Å². The van der Waals surface area contributed by atoms with Crippen LogP contribution in [0.1, 0.15) is 0 Å². The summed E-state index contributed by atoms with van der Waals surface area (Å²) >= 11 is 0. The van der Waals surface area contributed by atoms with Gasteiger partial charge >= 0.3 is 0 Å². The highest BCUT2D eigenvalue weighted by Crippen LogP contribution is 2.52. The van der Waals surface area contributed by atoms with Gasteiger partial charge in [0.05, 0.1) is 5.69 Å². The average Bonchev–Trinajstić information content (AvgIpc) is 1.15. The van der Waals surface area contributed by atoms with Crippen LogP contribution < -0.4 is 79.0 Å². The molecule has 0 fully saturated rings. The maximum Gasteiger partial charge on any atom is 0.252 e. The molecule has 9 heteroatoms. The van der Waals surface area contributed by atoms with Gasteiger partial charge < -0.3 is 29.8 Å². The van der Waals surface area contributed by atoms with E-state index >= 15 is 0 Å². The van der Waals surface area contributed by atoms with Crippen molar-refractivity contribution in [1.29, 1.82) is 0 Å². The second-order valence-electron chi connectivity index (χ2n) is 22.0. The van der Waals surface area contributed by atoms with Crippen LogP contribution in [-0.2, 0) is 0 Å². The number of para-hydroxylation sites is 9. The van der Waals surface area contributed by atoms with Crippen molar-refractivity contribution in [3.05, 3.63) is 279 Å². The fourth-order valence-corrected chi connectivity index (χ4v) is 14.8. The summed E-state index contributed by atoms with van der Waals surface area (Å²) in [6.07, 6.45) is 0. The summed E-state index contributed by atoms with van der Waals surface area (Å²) < 4.78 is 0. The van der Waals surface area contributed by atoms with Gasteiger partial charge in [0, 0.05) is 91.0 Å². The molecule has 0 radical (unpaired) electrons. The van der Waals surface area contributed by atoms with E-state index in [4.69, 9.17) is 0 Å². The van der Waals surface area contributed by atoms with Gasteiger partial charge in [0.2, 0.25) is 0 Å². The quantitative estimate of drug-likeness (QED) is 0.167. The molecule has 6 aliphatic rings. The van der Waals surface area contributed by atoms with E-state index in [9.17, 15) is 0 Å². The molecule has 0 bridgehead atoms. The summed E-state index contributed by atoms with van der Waals surface area (Å²) in [6, 6.07) is 104. The Morgan fingerprint density at radius 3 is 1.14 bits per heavy atom. The van der Waals surface area contributed by atoms with Crippen LogP contribution in [0.5, 0.6) is 0 Å². The minimum absolute atomic E-state index is 0.0523. The summed E-state index contributed by atoms with van der Waals surface area (Å²) in [7, 11) is 0. The smallest absolute Gasteiger partial charge is 0.252 e. The number of nitrogens with one attached hydrogen (secondary N) is 1. The van der Waals surface area contributed by atoms with E-state index in [-0.39, 0.29) is 20.1 Å². The SMILES string of the molecule is c1ccc(N(c2ccccc2)c2cc3c4c(c2)N(c2ccccc2)c2cc5c(cc2B4c2ccccc2N3c2ccccc2)B2c3ccccc3N3c4ccccc4B4c6ccccc6Nc6cc(c2c3c64)N5c2ccccc2)cc1. The summed E-state index contributed by atoms with van der Waals surface area (Å²) in [5.41, 5.74) is 31.4. The lowest BCUT2D eigenvalue weighted by Crippen LogP contribution is -2.69. The average molecular weight is 1030 g/mol. The number of hydrogen-bond donors (Lipinski definition) is 1. The van der Waals surface area contributed by atoms with Crippen LogP contribution in [0.4, 0.5) is 96.7 Å². The van der Waals surface area contributed by atoms with Crippen LogP contribution in [-0.4, -0.2) is 20.1 Å². The molecule has 0 aliphatic carbocycles. The fraction of sp³-hybridized carbons (Fsp3) is 0. The normalized spacial score (nSPS) is 13.9. The highest BCUT2D eigenvalue weighted by Gasteiger charge is 2.52. The second-order valence-corrected chi connectivity index (χ2v) is 22.0. The van der Waals surface area contributed by atoms with E-state index in [1.54, 1.807) is 0 Å². The number of rotatable bonds is 6. The maximum atomic E-state index is 4.05. The number of anilines is 17. The van der Waals surface area contributed by atoms with Crippen LogP contribution >= 0.6 is 0 Å². The standard InChI is InChI=1S/C72H47B3N6/c1-6-24-47(25-7-1)77(48-26-8-2-9-27-48)52-42-66-70-67(43-52)79(50-30-12-4-13-31-50)64-46-65-58(44-57(64)74(70)54-35-17-21-39-61(54)78(66)49-28-10-3-11-29-49)75-56-37-19-23-41-63(56)81-62-40-22-18-36-55(62)73-53-34-16-20-38-59(53)76-60-45-68(71(75)72(81)69(60)73)80(65)51-32-14-5-15-33-51/h1-46,76H. The van der Waals surface area contributed by atoms with Gasteiger partial charge in [0.1, 0.15) is 0 Å². The van der Waals surface area contributed by atoms with Gasteiger partial charge in [-0.3, -0.25) is 0 Å². The highest BCUT2D eigenvalue weighted by molar-refractivity contribution is 7.06. The molecule has 18 rings (SSSR count). The first-order chi connectivity index (χ1) is 40.2. The fourth-order valence-electron chi connectivity index (χ4n) is 14.8. The van der Waals surface area contributed by atoms with Gasteiger partial charge in [-0.25, -0.2) is 0 Å². The van der Waals surface area contributed by atoms with Crippen molar-refractivity contribution >= 4 is 166 Å². The number of benzene rings is 12. The molecule has 0 saturated heterocycles. The van der Waals surface area contributed by atoms with E-state index in [0.717, 1.165) is 62.6 Å². The highest BCUT2D eigenvalue weighted by atomic mass is 15.2. The number of hydrogen-bond acceptors (Lipinski definition) is 6. The molecule has 6 aliphatic heterocycles. The molecule has 0 aromatic heterocycles. The van der Waals surface area contributed by atoms with Crippen molar-refractivity contribution in [2.75, 3.05) is 29.8 Å². The minimum atomic E-state index is -0.122. The van der Waals surface area contributed by atoms with Gasteiger partial charge in [-0.2, -0.15) is 0 Å². The van der Waals surface area contributed by atoms with E-state index < -0.39 is 0 Å². The number of nitrogens with zero attached hydrogens (tertiary/aromatic N) is 5. The third-order valence-electron chi connectivity index (χ3n) is 17.9. The first-order valence-corrected chi connectivity index (χ1v) is 28.2. The summed E-state index contributed by atoms with van der Waals surface area (Å²) in [6.45, 7) is -0.158. The Morgan fingerprint density at radius 2 is 0.630 bits per heavy atom. The van der Waals surface area contributed by atoms with E-state index in [0.29, 0.717) is 0 Å². The van der Waals surface area contributed by atoms with Crippen molar-refractivity contribution in [2.45, 2.75) is 0 Å². The third-order valence-corrected chi connectivity index (χ3v) is 17.9. The van der Waals surface area contributed by atoms with Crippen LogP contribution in [0, 0.1) is 0 Å². The zero-order chi connectivity index (χ0) is 52.9. The predicted octanol–water partition coefficient (Wildman–Crippen LogP) is 12.2. The monoisotopic (exact) mass is 1030 g/mol. The Bertz CT molecular complexity index is 4520. The Kier molecular flexibility index (Phi) is 9.40. The van der Waals surface area contributed by atoms with E-state index in [1.807, 2.05) is 0 Å². The van der Waals surface area contributed by atoms with Gasteiger partial charge in [-0.15, -0.1) is 0 Å². The zero-order valence-corrected chi connectivity index (χ0v) is 44.0. The largest absolute Gasteiger partial charge is 0.356 e. The lowest BCUT2D eigenvalue weighted by Gasteiger charge is -2.50. The lowest BCUT2D eigenvalue weighted by atomic mass is 9.28. The first kappa shape index (κ1) is 44.6. The molecular weight excluding hydrogens is 981 g/mol. The zero-order valence-electron chi connectivity index (χ0n) is 44.0. The molecule has 0 atom stereocenters. The predicted molar refractivity (Wildman–Crippen MR) is 344 cm³/mol. The molecule has 6 nitrogen and oxygen atoms in total. The second kappa shape index (κ2) is 17.1. The molecule has 0 amide bonds. The maximum absolute atomic E-state index is 4.05. The summed E-state index contributed by atoms with van der Waals surface area (Å²) in [5.74, 6) is 0.